The van der Waals surface area contributed by atoms with E-state index in [1.807, 2.05) is 33.8 Å². The lowest BCUT2D eigenvalue weighted by Gasteiger charge is -2.56. The van der Waals surface area contributed by atoms with E-state index >= 15 is 0 Å². The maximum absolute atomic E-state index is 4.76. The molecule has 41 heavy (non-hydrogen) atoms. The van der Waals surface area contributed by atoms with Gasteiger partial charge in [0.05, 0.1) is 0 Å². The van der Waals surface area contributed by atoms with Crippen LogP contribution in [0.25, 0.3) is 5.57 Å². The molecule has 3 nitrogen and oxygen atoms in total. The van der Waals surface area contributed by atoms with E-state index in [4.69, 9.17) is 6.58 Å². The average Bonchev–Trinajstić information content (AvgIpc) is 3.02. The van der Waals surface area contributed by atoms with Gasteiger partial charge in [0.15, 0.2) is 0 Å². The second-order valence-electron chi connectivity index (χ2n) is 12.1. The Morgan fingerprint density at radius 2 is 1.68 bits per heavy atom. The van der Waals surface area contributed by atoms with Crippen LogP contribution >= 0.6 is 0 Å². The molecule has 3 saturated heterocycles. The summed E-state index contributed by atoms with van der Waals surface area (Å²) in [7, 11) is 0. The number of hydrogen-bond donors (Lipinski definition) is 0. The number of allylic oxidation sites excluding steroid dienone is 4. The van der Waals surface area contributed by atoms with Crippen LogP contribution in [-0.4, -0.2) is 53.5 Å². The third-order valence-corrected chi connectivity index (χ3v) is 9.40. The average molecular weight is 562 g/mol. The molecule has 3 fully saturated rings. The number of piperidine rings is 3. The first kappa shape index (κ1) is 34.9. The minimum absolute atomic E-state index is 0.338. The molecule has 1 aromatic rings. The van der Waals surface area contributed by atoms with Crippen LogP contribution in [0.1, 0.15) is 111 Å². The van der Waals surface area contributed by atoms with Crippen molar-refractivity contribution < 1.29 is 0 Å². The fraction of sp³-hybridized carbons (Fsp3) is 0.632. The maximum Gasteiger partial charge on any atom is 0.0364 e. The highest BCUT2D eigenvalue weighted by Crippen LogP contribution is 2.44. The number of rotatable bonds is 10. The van der Waals surface area contributed by atoms with Crippen LogP contribution in [0.4, 0.5) is 0 Å². The molecule has 0 N–H and O–H groups in total. The van der Waals surface area contributed by atoms with Gasteiger partial charge >= 0.3 is 0 Å². The lowest BCUT2D eigenvalue weighted by molar-refractivity contribution is -0.0322. The molecular weight excluding hydrogens is 498 g/mol. The van der Waals surface area contributed by atoms with Crippen molar-refractivity contribution in [2.24, 2.45) is 11.3 Å². The van der Waals surface area contributed by atoms with Crippen molar-refractivity contribution in [3.8, 4) is 0 Å². The second kappa shape index (κ2) is 17.6. The van der Waals surface area contributed by atoms with Crippen molar-refractivity contribution in [2.45, 2.75) is 112 Å². The molecule has 4 rings (SSSR count). The Balaban J connectivity index is 0.00000141. The van der Waals surface area contributed by atoms with Gasteiger partial charge in [-0.15, -0.1) is 6.58 Å². The SMILES string of the molecule is C=CCC/C=C(\C)N1CCCC(C(=C)N2CCCC3(C)CN(Cc4ccc(C(=C)CC)cc4)CCC23)C1.CC.CC. The van der Waals surface area contributed by atoms with E-state index in [0.29, 0.717) is 17.4 Å². The standard InChI is InChI=1S/C34H51N3.2C2H6/c1-7-9-10-13-28(4)36-21-11-14-32(25-36)29(5)37-22-12-20-34(6)26-35(23-19-33(34)37)24-30-15-17-31(18-16-30)27(3)8-2;2*1-2/h7,13,15-18,32-33H,1,3,5,8-12,14,19-26H2,2,4,6H3;2*1-2H3/b28-13+;;. The van der Waals surface area contributed by atoms with Crippen molar-refractivity contribution in [3.63, 3.8) is 0 Å². The minimum atomic E-state index is 0.338. The van der Waals surface area contributed by atoms with Crippen LogP contribution in [0.3, 0.4) is 0 Å². The van der Waals surface area contributed by atoms with Gasteiger partial charge in [-0.05, 0) is 75.0 Å². The van der Waals surface area contributed by atoms with Crippen molar-refractivity contribution in [2.75, 3.05) is 32.7 Å². The van der Waals surface area contributed by atoms with Crippen LogP contribution in [0.5, 0.6) is 0 Å². The Morgan fingerprint density at radius 3 is 2.34 bits per heavy atom. The second-order valence-corrected chi connectivity index (χ2v) is 12.1. The number of benzene rings is 1. The Kier molecular flexibility index (Phi) is 15.0. The van der Waals surface area contributed by atoms with Crippen LogP contribution in [0.15, 0.2) is 67.5 Å². The highest BCUT2D eigenvalue weighted by molar-refractivity contribution is 5.63. The molecule has 0 spiro atoms. The number of likely N-dealkylation sites (tertiary alicyclic amines) is 3. The first-order valence-electron chi connectivity index (χ1n) is 16.8. The minimum Gasteiger partial charge on any atom is -0.375 e. The summed E-state index contributed by atoms with van der Waals surface area (Å²) in [6, 6.07) is 9.75. The summed E-state index contributed by atoms with van der Waals surface area (Å²) in [5.41, 5.74) is 7.11. The van der Waals surface area contributed by atoms with Gasteiger partial charge in [-0.1, -0.05) is 91.1 Å². The van der Waals surface area contributed by atoms with E-state index in [-0.39, 0.29) is 0 Å². The van der Waals surface area contributed by atoms with Gasteiger partial charge in [-0.25, -0.2) is 0 Å². The summed E-state index contributed by atoms with van der Waals surface area (Å²) >= 11 is 0. The van der Waals surface area contributed by atoms with Gasteiger partial charge in [0.2, 0.25) is 0 Å². The number of unbranched alkanes of at least 4 members (excludes halogenated alkanes) is 1. The summed E-state index contributed by atoms with van der Waals surface area (Å²) in [5.74, 6) is 0.577. The van der Waals surface area contributed by atoms with E-state index in [1.165, 1.54) is 86.4 Å². The molecule has 3 heteroatoms. The van der Waals surface area contributed by atoms with Crippen LogP contribution in [0.2, 0.25) is 0 Å². The van der Waals surface area contributed by atoms with E-state index in [1.54, 1.807) is 0 Å². The molecule has 0 aromatic heterocycles. The molecule has 0 saturated carbocycles. The van der Waals surface area contributed by atoms with Crippen LogP contribution < -0.4 is 0 Å². The van der Waals surface area contributed by atoms with Crippen molar-refractivity contribution in [1.82, 2.24) is 14.7 Å². The van der Waals surface area contributed by atoms with Crippen LogP contribution in [-0.2, 0) is 6.54 Å². The molecule has 3 aliphatic rings. The Bertz CT molecular complexity index is 974. The van der Waals surface area contributed by atoms with Crippen molar-refractivity contribution >= 4 is 5.57 Å². The Hall–Kier alpha value is -2.26. The summed E-state index contributed by atoms with van der Waals surface area (Å²) < 4.78 is 0. The lowest BCUT2D eigenvalue weighted by atomic mass is 9.70. The summed E-state index contributed by atoms with van der Waals surface area (Å²) in [5, 5.41) is 0. The fourth-order valence-electron chi connectivity index (χ4n) is 7.07. The molecule has 3 aliphatic heterocycles. The van der Waals surface area contributed by atoms with Gasteiger partial charge in [0, 0.05) is 68.0 Å². The van der Waals surface area contributed by atoms with Crippen LogP contribution in [0, 0.1) is 11.3 Å². The molecule has 1 aromatic carbocycles. The number of fused-ring (bicyclic) bond motifs is 1. The first-order valence-corrected chi connectivity index (χ1v) is 16.8. The molecule has 230 valence electrons. The zero-order valence-corrected chi connectivity index (χ0v) is 28.0. The fourth-order valence-corrected chi connectivity index (χ4v) is 7.07. The van der Waals surface area contributed by atoms with Gasteiger partial charge in [0.25, 0.3) is 0 Å². The van der Waals surface area contributed by atoms with E-state index in [2.05, 4.69) is 79.0 Å². The van der Waals surface area contributed by atoms with Gasteiger partial charge < -0.3 is 9.80 Å². The maximum atomic E-state index is 4.76. The monoisotopic (exact) mass is 562 g/mol. The Morgan fingerprint density at radius 1 is 0.976 bits per heavy atom. The predicted molar refractivity (Wildman–Crippen MR) is 183 cm³/mol. The summed E-state index contributed by atoms with van der Waals surface area (Å²) in [6.45, 7) is 34.7. The molecule has 3 atom stereocenters. The zero-order chi connectivity index (χ0) is 30.4. The summed E-state index contributed by atoms with van der Waals surface area (Å²) in [6.07, 6.45) is 14.0. The molecule has 0 amide bonds. The molecule has 0 aliphatic carbocycles. The number of hydrogen-bond acceptors (Lipinski definition) is 3. The smallest absolute Gasteiger partial charge is 0.0364 e. The first-order chi connectivity index (χ1) is 19.8. The molecule has 0 bridgehead atoms. The topological polar surface area (TPSA) is 9.72 Å². The zero-order valence-electron chi connectivity index (χ0n) is 28.0. The lowest BCUT2D eigenvalue weighted by Crippen LogP contribution is -2.59. The molecular formula is C38H63N3. The van der Waals surface area contributed by atoms with Crippen molar-refractivity contribution in [3.05, 3.63) is 78.7 Å². The molecule has 0 radical (unpaired) electrons. The quantitative estimate of drug-likeness (QED) is 0.208. The highest BCUT2D eigenvalue weighted by atomic mass is 15.2. The Labute approximate surface area is 255 Å². The highest BCUT2D eigenvalue weighted by Gasteiger charge is 2.46. The van der Waals surface area contributed by atoms with E-state index in [9.17, 15) is 0 Å². The van der Waals surface area contributed by atoms with E-state index in [0.717, 1.165) is 32.4 Å². The van der Waals surface area contributed by atoms with Crippen molar-refractivity contribution in [1.29, 1.82) is 0 Å². The summed E-state index contributed by atoms with van der Waals surface area (Å²) in [4.78, 5) is 8.07. The van der Waals surface area contributed by atoms with Gasteiger partial charge in [-0.2, -0.15) is 0 Å². The van der Waals surface area contributed by atoms with E-state index < -0.39 is 0 Å². The third kappa shape index (κ3) is 9.37. The van der Waals surface area contributed by atoms with Gasteiger partial charge in [0.1, 0.15) is 0 Å². The normalized spacial score (nSPS) is 24.7. The molecule has 3 heterocycles. The van der Waals surface area contributed by atoms with Gasteiger partial charge in [-0.3, -0.25) is 4.90 Å². The largest absolute Gasteiger partial charge is 0.375 e. The molecule has 3 unspecified atom stereocenters. The number of nitrogens with zero attached hydrogens (tertiary/aromatic N) is 3. The third-order valence-electron chi connectivity index (χ3n) is 9.40. The predicted octanol–water partition coefficient (Wildman–Crippen LogP) is 9.93.